The molecule has 5 atom stereocenters. The van der Waals surface area contributed by atoms with E-state index in [1.165, 1.54) is 0 Å². The standard InChI is InChI=1S/C23H34O5/c1-2-3-4-7-17(24)9-10-18-19-11-15-6-5-8-22(28-14-23(26)27)20(15)12-16(19)13-21(18)25/h5-6,8,16-19,21,24-25H,2-4,7,9-14H2,1H3,(H,26,27)/t16-,17-,18+,19-,21+/m0/s1/i1D3,10D2,17D. The molecule has 1 fully saturated rings. The van der Waals surface area contributed by atoms with Gasteiger partial charge in [0.1, 0.15) is 5.75 Å². The first kappa shape index (κ1) is 14.4. The monoisotopic (exact) mass is 396 g/mol. The molecule has 1 aromatic rings. The third-order valence-electron chi connectivity index (χ3n) is 5.96. The Kier molecular flexibility index (Phi) is 5.01. The lowest BCUT2D eigenvalue weighted by molar-refractivity contribution is -0.139. The first-order chi connectivity index (χ1) is 15.7. The summed E-state index contributed by atoms with van der Waals surface area (Å²) < 4.78 is 52.8. The quantitative estimate of drug-likeness (QED) is 0.526. The highest BCUT2D eigenvalue weighted by molar-refractivity contribution is 5.68. The van der Waals surface area contributed by atoms with Gasteiger partial charge >= 0.3 is 5.97 Å². The topological polar surface area (TPSA) is 87.0 Å². The second-order valence-electron chi connectivity index (χ2n) is 7.89. The van der Waals surface area contributed by atoms with Gasteiger partial charge in [0, 0.05) is 6.85 Å². The zero-order chi connectivity index (χ0) is 25.3. The summed E-state index contributed by atoms with van der Waals surface area (Å²) in [7, 11) is 0. The third kappa shape index (κ3) is 5.06. The summed E-state index contributed by atoms with van der Waals surface area (Å²) in [5, 5.41) is 30.3. The molecule has 3 rings (SSSR count). The smallest absolute Gasteiger partial charge is 0.341 e. The van der Waals surface area contributed by atoms with Crippen molar-refractivity contribution in [2.45, 2.75) is 76.8 Å². The summed E-state index contributed by atoms with van der Waals surface area (Å²) in [6.45, 7) is -2.51. The maximum absolute atomic E-state index is 10.9. The van der Waals surface area contributed by atoms with E-state index in [1.807, 2.05) is 6.07 Å². The summed E-state index contributed by atoms with van der Waals surface area (Å²) in [6, 6.07) is 5.39. The molecule has 2 aliphatic rings. The number of aliphatic hydroxyl groups excluding tert-OH is 1. The van der Waals surface area contributed by atoms with Crippen molar-refractivity contribution in [2.75, 3.05) is 6.61 Å². The number of aliphatic hydroxyl groups is 2. The van der Waals surface area contributed by atoms with Gasteiger partial charge in [0.15, 0.2) is 6.61 Å². The average Bonchev–Trinajstić information content (AvgIpc) is 3.01. The zero-order valence-corrected chi connectivity index (χ0v) is 16.1. The number of rotatable bonds is 10. The van der Waals surface area contributed by atoms with E-state index < -0.39 is 50.3 Å². The molecule has 28 heavy (non-hydrogen) atoms. The number of hydrogen-bond donors (Lipinski definition) is 3. The molecule has 0 bridgehead atoms. The van der Waals surface area contributed by atoms with E-state index in [0.29, 0.717) is 37.9 Å². The van der Waals surface area contributed by atoms with E-state index >= 15 is 0 Å². The van der Waals surface area contributed by atoms with Gasteiger partial charge in [-0.15, -0.1) is 0 Å². The van der Waals surface area contributed by atoms with Gasteiger partial charge in [0.05, 0.1) is 13.6 Å². The summed E-state index contributed by atoms with van der Waals surface area (Å²) >= 11 is 0. The highest BCUT2D eigenvalue weighted by atomic mass is 16.5. The van der Waals surface area contributed by atoms with Crippen LogP contribution in [-0.4, -0.2) is 40.1 Å². The Bertz CT molecular complexity index is 872. The van der Waals surface area contributed by atoms with E-state index in [9.17, 15) is 15.0 Å². The van der Waals surface area contributed by atoms with Crippen LogP contribution in [0.15, 0.2) is 18.2 Å². The molecule has 2 aliphatic carbocycles. The van der Waals surface area contributed by atoms with Crippen molar-refractivity contribution in [2.24, 2.45) is 17.8 Å². The van der Waals surface area contributed by atoms with Gasteiger partial charge in [-0.1, -0.05) is 38.2 Å². The minimum atomic E-state index is -2.06. The molecule has 0 saturated heterocycles. The van der Waals surface area contributed by atoms with Crippen molar-refractivity contribution in [3.05, 3.63) is 29.3 Å². The van der Waals surface area contributed by atoms with Crippen molar-refractivity contribution < 1.29 is 33.1 Å². The van der Waals surface area contributed by atoms with Crippen LogP contribution >= 0.6 is 0 Å². The Labute approximate surface area is 176 Å². The molecule has 1 saturated carbocycles. The number of carboxylic acids is 1. The van der Waals surface area contributed by atoms with Crippen LogP contribution in [0.1, 0.15) is 71.1 Å². The van der Waals surface area contributed by atoms with Gasteiger partial charge in [0.25, 0.3) is 0 Å². The molecule has 0 unspecified atom stereocenters. The van der Waals surface area contributed by atoms with Crippen molar-refractivity contribution in [3.8, 4) is 5.75 Å². The number of unbranched alkanes of at least 4 members (excludes halogenated alkanes) is 1. The summed E-state index contributed by atoms with van der Waals surface area (Å²) in [6.07, 6.45) is -3.43. The number of aliphatic carboxylic acids is 1. The number of hydrogen-bond acceptors (Lipinski definition) is 4. The molecule has 0 aromatic heterocycles. The van der Waals surface area contributed by atoms with E-state index in [1.54, 1.807) is 12.1 Å². The van der Waals surface area contributed by atoms with Gasteiger partial charge in [-0.05, 0) is 73.4 Å². The number of carboxylic acid groups (broad SMARTS) is 1. The number of ether oxygens (including phenoxy) is 1. The summed E-state index contributed by atoms with van der Waals surface area (Å²) in [5.74, 6) is -1.53. The third-order valence-corrected chi connectivity index (χ3v) is 5.96. The first-order valence-electron chi connectivity index (χ1n) is 13.0. The largest absolute Gasteiger partial charge is 0.482 e. The average molecular weight is 397 g/mol. The van der Waals surface area contributed by atoms with Crippen LogP contribution in [0.3, 0.4) is 0 Å². The van der Waals surface area contributed by atoms with Crippen LogP contribution in [0.4, 0.5) is 0 Å². The highest BCUT2D eigenvalue weighted by Crippen LogP contribution is 2.48. The van der Waals surface area contributed by atoms with Crippen molar-refractivity contribution in [1.29, 1.82) is 0 Å². The van der Waals surface area contributed by atoms with Crippen molar-refractivity contribution in [1.82, 2.24) is 0 Å². The Morgan fingerprint density at radius 3 is 3.04 bits per heavy atom. The van der Waals surface area contributed by atoms with Crippen LogP contribution in [0, 0.1) is 17.8 Å². The van der Waals surface area contributed by atoms with Crippen LogP contribution in [-0.2, 0) is 17.6 Å². The Balaban J connectivity index is 1.70. The van der Waals surface area contributed by atoms with Crippen LogP contribution in [0.2, 0.25) is 0 Å². The van der Waals surface area contributed by atoms with E-state index in [4.69, 9.17) is 18.1 Å². The Morgan fingerprint density at radius 2 is 2.25 bits per heavy atom. The minimum Gasteiger partial charge on any atom is -0.482 e. The Morgan fingerprint density at radius 1 is 1.39 bits per heavy atom. The van der Waals surface area contributed by atoms with Gasteiger partial charge in [0.2, 0.25) is 0 Å². The molecule has 0 spiro atoms. The van der Waals surface area contributed by atoms with Gasteiger partial charge < -0.3 is 20.1 Å². The van der Waals surface area contributed by atoms with Crippen LogP contribution in [0.5, 0.6) is 5.75 Å². The van der Waals surface area contributed by atoms with E-state index in [2.05, 4.69) is 0 Å². The summed E-state index contributed by atoms with van der Waals surface area (Å²) in [4.78, 5) is 10.9. The molecule has 0 radical (unpaired) electrons. The normalized spacial score (nSPS) is 32.4. The molecule has 5 heteroatoms. The molecule has 5 nitrogen and oxygen atoms in total. The number of carbonyl (C=O) groups is 1. The number of benzene rings is 1. The first-order valence-corrected chi connectivity index (χ1v) is 10.0. The SMILES string of the molecule is [2H]C([2H])([2H])CCCC[C@]([2H])(O)CC([2H])([2H])[C@@H]1[C@H]2Cc3cccc(OCC(=O)O)c3C[C@H]2C[C@H]1O. The van der Waals surface area contributed by atoms with E-state index in [0.717, 1.165) is 11.1 Å². The molecule has 0 aliphatic heterocycles. The fraction of sp³-hybridized carbons (Fsp3) is 0.696. The molecular weight excluding hydrogens is 356 g/mol. The maximum Gasteiger partial charge on any atom is 0.341 e. The molecule has 0 heterocycles. The summed E-state index contributed by atoms with van der Waals surface area (Å²) in [5.41, 5.74) is 1.83. The predicted molar refractivity (Wildman–Crippen MR) is 107 cm³/mol. The fourth-order valence-electron chi connectivity index (χ4n) is 4.63. The van der Waals surface area contributed by atoms with Gasteiger partial charge in [-0.3, -0.25) is 0 Å². The lowest BCUT2D eigenvalue weighted by Gasteiger charge is -2.32. The van der Waals surface area contributed by atoms with Crippen LogP contribution in [0.25, 0.3) is 0 Å². The van der Waals surface area contributed by atoms with Gasteiger partial charge in [-0.25, -0.2) is 4.79 Å². The zero-order valence-electron chi connectivity index (χ0n) is 22.1. The predicted octanol–water partition coefficient (Wildman–Crippen LogP) is 3.58. The molecule has 1 aromatic carbocycles. The molecule has 0 amide bonds. The lowest BCUT2D eigenvalue weighted by Crippen LogP contribution is -2.28. The van der Waals surface area contributed by atoms with Gasteiger partial charge in [-0.2, -0.15) is 0 Å². The number of fused-ring (bicyclic) bond motifs is 2. The second kappa shape index (κ2) is 9.75. The van der Waals surface area contributed by atoms with Crippen molar-refractivity contribution >= 4 is 5.97 Å². The van der Waals surface area contributed by atoms with Crippen LogP contribution < -0.4 is 4.74 Å². The second-order valence-corrected chi connectivity index (χ2v) is 7.89. The van der Waals surface area contributed by atoms with E-state index in [-0.39, 0.29) is 24.7 Å². The Hall–Kier alpha value is -1.59. The fourth-order valence-corrected chi connectivity index (χ4v) is 4.63. The highest BCUT2D eigenvalue weighted by Gasteiger charge is 2.44. The molecule has 3 N–H and O–H groups in total. The van der Waals surface area contributed by atoms with Crippen molar-refractivity contribution in [3.63, 3.8) is 0 Å². The molecule has 156 valence electrons. The molecular formula is C23H34O5. The lowest BCUT2D eigenvalue weighted by atomic mass is 9.73. The minimum absolute atomic E-state index is 0.0152. The maximum atomic E-state index is 10.9.